The summed E-state index contributed by atoms with van der Waals surface area (Å²) in [4.78, 5) is 0. The molecule has 0 aliphatic rings. The summed E-state index contributed by atoms with van der Waals surface area (Å²) in [5, 5.41) is 0. The van der Waals surface area contributed by atoms with Crippen LogP contribution >= 0.6 is 0 Å². The molecule has 0 aromatic heterocycles. The Morgan fingerprint density at radius 2 is 1.52 bits per heavy atom. The Bertz CT molecular complexity index is 599. The van der Waals surface area contributed by atoms with Gasteiger partial charge in [0.2, 0.25) is 0 Å². The summed E-state index contributed by atoms with van der Waals surface area (Å²) >= 11 is 0. The highest BCUT2D eigenvalue weighted by Crippen LogP contribution is 2.22. The molecule has 2 N–H and O–H groups in total. The Labute approximate surface area is 138 Å². The number of nitrogens with two attached hydrogens (primary N) is 1. The molecule has 23 heavy (non-hydrogen) atoms. The van der Waals surface area contributed by atoms with Crippen molar-refractivity contribution < 1.29 is 9.13 Å². The van der Waals surface area contributed by atoms with Gasteiger partial charge in [-0.15, -0.1) is 0 Å². The molecule has 0 radical (unpaired) electrons. The van der Waals surface area contributed by atoms with Crippen LogP contribution in [0.1, 0.15) is 38.3 Å². The maximum absolute atomic E-state index is 12.8. The van der Waals surface area contributed by atoms with E-state index >= 15 is 0 Å². The Morgan fingerprint density at radius 3 is 2.09 bits per heavy atom. The van der Waals surface area contributed by atoms with E-state index in [0.717, 1.165) is 24.2 Å². The van der Waals surface area contributed by atoms with Crippen molar-refractivity contribution in [2.75, 3.05) is 0 Å². The van der Waals surface area contributed by atoms with Crippen LogP contribution in [0.5, 0.6) is 5.75 Å². The summed E-state index contributed by atoms with van der Waals surface area (Å²) in [6.45, 7) is 6.95. The van der Waals surface area contributed by atoms with E-state index in [1.165, 1.54) is 17.7 Å². The molecule has 0 saturated carbocycles. The SMILES string of the molecule is CC(C)(C)C(N)CCc1ccc(OCc2ccc(F)cc2)cc1. The first-order chi connectivity index (χ1) is 10.8. The molecule has 2 rings (SSSR count). The van der Waals surface area contributed by atoms with E-state index in [1.54, 1.807) is 12.1 Å². The lowest BCUT2D eigenvalue weighted by atomic mass is 9.84. The fraction of sp³-hybridized carbons (Fsp3) is 0.400. The van der Waals surface area contributed by atoms with E-state index in [4.69, 9.17) is 10.5 Å². The second-order valence-electron chi connectivity index (χ2n) is 7.07. The molecule has 0 bridgehead atoms. The van der Waals surface area contributed by atoms with Gasteiger partial charge >= 0.3 is 0 Å². The first-order valence-electron chi connectivity index (χ1n) is 8.06. The normalized spacial score (nSPS) is 12.9. The summed E-state index contributed by atoms with van der Waals surface area (Å²) < 4.78 is 18.6. The Balaban J connectivity index is 1.83. The van der Waals surface area contributed by atoms with Crippen molar-refractivity contribution in [1.82, 2.24) is 0 Å². The van der Waals surface area contributed by atoms with Crippen LogP contribution in [-0.2, 0) is 13.0 Å². The highest BCUT2D eigenvalue weighted by molar-refractivity contribution is 5.28. The highest BCUT2D eigenvalue weighted by Gasteiger charge is 2.19. The molecule has 0 amide bonds. The van der Waals surface area contributed by atoms with E-state index < -0.39 is 0 Å². The molecule has 0 spiro atoms. The largest absolute Gasteiger partial charge is 0.489 e. The predicted molar refractivity (Wildman–Crippen MR) is 92.9 cm³/mol. The molecule has 0 saturated heterocycles. The van der Waals surface area contributed by atoms with E-state index in [1.807, 2.05) is 12.1 Å². The van der Waals surface area contributed by atoms with Gasteiger partial charge in [0.1, 0.15) is 18.2 Å². The van der Waals surface area contributed by atoms with Crippen molar-refractivity contribution in [3.63, 3.8) is 0 Å². The lowest BCUT2D eigenvalue weighted by molar-refractivity contribution is 0.304. The van der Waals surface area contributed by atoms with E-state index in [9.17, 15) is 4.39 Å². The van der Waals surface area contributed by atoms with Crippen LogP contribution in [0.25, 0.3) is 0 Å². The molecule has 1 atom stereocenters. The van der Waals surface area contributed by atoms with Crippen LogP contribution in [-0.4, -0.2) is 6.04 Å². The average molecular weight is 315 g/mol. The smallest absolute Gasteiger partial charge is 0.123 e. The highest BCUT2D eigenvalue weighted by atomic mass is 19.1. The molecule has 0 fully saturated rings. The van der Waals surface area contributed by atoms with Crippen LogP contribution < -0.4 is 10.5 Å². The van der Waals surface area contributed by atoms with Gasteiger partial charge in [-0.3, -0.25) is 0 Å². The minimum Gasteiger partial charge on any atom is -0.489 e. The fourth-order valence-corrected chi connectivity index (χ4v) is 2.25. The first-order valence-corrected chi connectivity index (χ1v) is 8.06. The molecule has 2 nitrogen and oxygen atoms in total. The number of hydrogen-bond donors (Lipinski definition) is 1. The summed E-state index contributed by atoms with van der Waals surface area (Å²) in [7, 11) is 0. The van der Waals surface area contributed by atoms with Crippen molar-refractivity contribution >= 4 is 0 Å². The predicted octanol–water partition coefficient (Wildman–Crippen LogP) is 4.71. The maximum atomic E-state index is 12.8. The zero-order valence-electron chi connectivity index (χ0n) is 14.2. The van der Waals surface area contributed by atoms with Crippen LogP contribution in [0.2, 0.25) is 0 Å². The fourth-order valence-electron chi connectivity index (χ4n) is 2.25. The third kappa shape index (κ3) is 5.68. The summed E-state index contributed by atoms with van der Waals surface area (Å²) in [5.74, 6) is 0.588. The lowest BCUT2D eigenvalue weighted by Gasteiger charge is -2.27. The van der Waals surface area contributed by atoms with Crippen molar-refractivity contribution in [1.29, 1.82) is 0 Å². The zero-order valence-corrected chi connectivity index (χ0v) is 14.2. The van der Waals surface area contributed by atoms with Gasteiger partial charge in [-0.1, -0.05) is 45.0 Å². The monoisotopic (exact) mass is 315 g/mol. The minimum absolute atomic E-state index is 0.137. The molecule has 2 aromatic carbocycles. The van der Waals surface area contributed by atoms with Crippen LogP contribution in [0.4, 0.5) is 4.39 Å². The summed E-state index contributed by atoms with van der Waals surface area (Å²) in [6.07, 6.45) is 1.94. The van der Waals surface area contributed by atoms with Crippen molar-refractivity contribution in [3.8, 4) is 5.75 Å². The number of hydrogen-bond acceptors (Lipinski definition) is 2. The van der Waals surface area contributed by atoms with Gasteiger partial charge < -0.3 is 10.5 Å². The number of ether oxygens (including phenoxy) is 1. The van der Waals surface area contributed by atoms with E-state index in [2.05, 4.69) is 32.9 Å². The lowest BCUT2D eigenvalue weighted by Crippen LogP contribution is -2.35. The second kappa shape index (κ2) is 7.60. The quantitative estimate of drug-likeness (QED) is 0.838. The van der Waals surface area contributed by atoms with Gasteiger partial charge in [0, 0.05) is 6.04 Å². The molecule has 124 valence electrons. The molecule has 0 aliphatic carbocycles. The average Bonchev–Trinajstić information content (AvgIpc) is 2.52. The second-order valence-corrected chi connectivity index (χ2v) is 7.07. The van der Waals surface area contributed by atoms with Gasteiger partial charge in [0.15, 0.2) is 0 Å². The first kappa shape index (κ1) is 17.5. The molecule has 0 aliphatic heterocycles. The van der Waals surface area contributed by atoms with Gasteiger partial charge in [-0.2, -0.15) is 0 Å². The third-order valence-electron chi connectivity index (χ3n) is 4.10. The molecule has 1 unspecified atom stereocenters. The summed E-state index contributed by atoms with van der Waals surface area (Å²) in [5.41, 5.74) is 8.55. The van der Waals surface area contributed by atoms with Crippen LogP contribution in [0, 0.1) is 11.2 Å². The van der Waals surface area contributed by atoms with Gasteiger partial charge in [0.05, 0.1) is 0 Å². The molecular formula is C20H26FNO. The van der Waals surface area contributed by atoms with E-state index in [-0.39, 0.29) is 17.3 Å². The number of aryl methyl sites for hydroxylation is 1. The maximum Gasteiger partial charge on any atom is 0.123 e. The van der Waals surface area contributed by atoms with Crippen LogP contribution in [0.15, 0.2) is 48.5 Å². The van der Waals surface area contributed by atoms with Crippen LogP contribution in [0.3, 0.4) is 0 Å². The van der Waals surface area contributed by atoms with E-state index in [0.29, 0.717) is 6.61 Å². The molecule has 2 aromatic rings. The van der Waals surface area contributed by atoms with Crippen molar-refractivity contribution in [2.24, 2.45) is 11.1 Å². The zero-order chi connectivity index (χ0) is 16.9. The molecular weight excluding hydrogens is 289 g/mol. The Kier molecular flexibility index (Phi) is 5.78. The molecule has 3 heteroatoms. The number of rotatable bonds is 6. The molecule has 0 heterocycles. The Morgan fingerprint density at radius 1 is 0.957 bits per heavy atom. The van der Waals surface area contributed by atoms with Crippen molar-refractivity contribution in [3.05, 3.63) is 65.5 Å². The van der Waals surface area contributed by atoms with Gasteiger partial charge in [0.25, 0.3) is 0 Å². The third-order valence-corrected chi connectivity index (χ3v) is 4.10. The van der Waals surface area contributed by atoms with Crippen molar-refractivity contribution in [2.45, 2.75) is 46.3 Å². The number of benzene rings is 2. The number of halogens is 1. The topological polar surface area (TPSA) is 35.2 Å². The minimum atomic E-state index is -0.230. The Hall–Kier alpha value is -1.87. The van der Waals surface area contributed by atoms with Gasteiger partial charge in [-0.25, -0.2) is 4.39 Å². The standard InChI is InChI=1S/C20H26FNO/c1-20(2,3)19(22)13-8-15-6-11-18(12-7-15)23-14-16-4-9-17(21)10-5-16/h4-7,9-12,19H,8,13-14,22H2,1-3H3. The summed E-state index contributed by atoms with van der Waals surface area (Å²) in [6, 6.07) is 14.7. The van der Waals surface area contributed by atoms with Gasteiger partial charge in [-0.05, 0) is 53.6 Å².